The van der Waals surface area contributed by atoms with Gasteiger partial charge in [0.2, 0.25) is 11.8 Å². The minimum absolute atomic E-state index is 0.123. The van der Waals surface area contributed by atoms with Crippen LogP contribution < -0.4 is 5.32 Å². The Morgan fingerprint density at radius 3 is 2.79 bits per heavy atom. The molecule has 0 bridgehead atoms. The molecule has 0 spiro atoms. The Kier molecular flexibility index (Phi) is 6.18. The first-order valence-electron chi connectivity index (χ1n) is 9.12. The molecule has 1 N–H and O–H groups in total. The van der Waals surface area contributed by atoms with Gasteiger partial charge in [0.05, 0.1) is 0 Å². The highest BCUT2D eigenvalue weighted by atomic mass is 32.1. The Morgan fingerprint density at radius 2 is 2.07 bits per heavy atom. The van der Waals surface area contributed by atoms with Gasteiger partial charge in [-0.05, 0) is 18.1 Å². The number of carbonyl (C=O) groups is 1. The number of hydrogen-bond donors (Lipinski definition) is 1. The maximum Gasteiger partial charge on any atom is 0.226 e. The third kappa shape index (κ3) is 5.45. The van der Waals surface area contributed by atoms with Crippen LogP contribution in [0.25, 0.3) is 0 Å². The molecule has 0 aliphatic heterocycles. The quantitative estimate of drug-likeness (QED) is 0.629. The van der Waals surface area contributed by atoms with Crippen LogP contribution in [0, 0.1) is 5.82 Å². The van der Waals surface area contributed by atoms with Gasteiger partial charge in [0.1, 0.15) is 5.82 Å². The minimum atomic E-state index is -0.239. The van der Waals surface area contributed by atoms with E-state index in [4.69, 9.17) is 4.52 Å². The van der Waals surface area contributed by atoms with E-state index in [1.807, 2.05) is 20.8 Å². The van der Waals surface area contributed by atoms with Crippen molar-refractivity contribution in [1.29, 1.82) is 0 Å². The fourth-order valence-corrected chi connectivity index (χ4v) is 3.37. The first kappa shape index (κ1) is 20.1. The molecule has 6 nitrogen and oxygen atoms in total. The van der Waals surface area contributed by atoms with Gasteiger partial charge in [0.25, 0.3) is 0 Å². The van der Waals surface area contributed by atoms with Crippen molar-refractivity contribution in [3.05, 3.63) is 58.4 Å². The standard InChI is InChI=1S/C20H23FN4O2S/c1-20(2,3)18-24-17(27-25-18)10-6-9-16(26)23-19-22-12-14(28-19)11-13-7-4-5-8-15(13)21/h4-5,7-8,12H,6,9-11H2,1-3H3,(H,22,23,26). The van der Waals surface area contributed by atoms with E-state index in [9.17, 15) is 9.18 Å². The molecule has 2 aromatic heterocycles. The van der Waals surface area contributed by atoms with Crippen molar-refractivity contribution in [2.45, 2.75) is 51.9 Å². The van der Waals surface area contributed by atoms with E-state index < -0.39 is 0 Å². The van der Waals surface area contributed by atoms with Crippen molar-refractivity contribution < 1.29 is 13.7 Å². The number of anilines is 1. The van der Waals surface area contributed by atoms with Crippen LogP contribution in [0.5, 0.6) is 0 Å². The lowest BCUT2D eigenvalue weighted by atomic mass is 9.96. The Hall–Kier alpha value is -2.61. The molecule has 28 heavy (non-hydrogen) atoms. The largest absolute Gasteiger partial charge is 0.339 e. The lowest BCUT2D eigenvalue weighted by molar-refractivity contribution is -0.116. The zero-order chi connectivity index (χ0) is 20.1. The van der Waals surface area contributed by atoms with Gasteiger partial charge in [-0.15, -0.1) is 11.3 Å². The van der Waals surface area contributed by atoms with Crippen LogP contribution in [-0.4, -0.2) is 21.0 Å². The first-order chi connectivity index (χ1) is 13.3. The number of nitrogens with one attached hydrogen (secondary N) is 1. The zero-order valence-corrected chi connectivity index (χ0v) is 17.0. The smallest absolute Gasteiger partial charge is 0.226 e. The molecule has 0 fully saturated rings. The van der Waals surface area contributed by atoms with Gasteiger partial charge in [0, 0.05) is 35.8 Å². The topological polar surface area (TPSA) is 80.9 Å². The number of hydrogen-bond acceptors (Lipinski definition) is 6. The van der Waals surface area contributed by atoms with E-state index in [2.05, 4.69) is 20.4 Å². The SMILES string of the molecule is CC(C)(C)c1noc(CCCC(=O)Nc2ncc(Cc3ccccc3F)s2)n1. The molecule has 0 aliphatic carbocycles. The molecule has 0 saturated heterocycles. The molecule has 0 atom stereocenters. The monoisotopic (exact) mass is 402 g/mol. The minimum Gasteiger partial charge on any atom is -0.339 e. The summed E-state index contributed by atoms with van der Waals surface area (Å²) in [6.07, 6.45) is 3.60. The van der Waals surface area contributed by atoms with Gasteiger partial charge < -0.3 is 9.84 Å². The van der Waals surface area contributed by atoms with Crippen LogP contribution in [0.15, 0.2) is 35.0 Å². The number of aryl methyl sites for hydroxylation is 1. The summed E-state index contributed by atoms with van der Waals surface area (Å²) in [6.45, 7) is 6.05. The molecule has 0 unspecified atom stereocenters. The first-order valence-corrected chi connectivity index (χ1v) is 9.94. The van der Waals surface area contributed by atoms with Crippen molar-refractivity contribution in [1.82, 2.24) is 15.1 Å². The summed E-state index contributed by atoms with van der Waals surface area (Å²) < 4.78 is 19.0. The van der Waals surface area contributed by atoms with Crippen LogP contribution in [0.1, 0.15) is 55.8 Å². The van der Waals surface area contributed by atoms with Gasteiger partial charge >= 0.3 is 0 Å². The number of thiazole rings is 1. The highest BCUT2D eigenvalue weighted by Gasteiger charge is 2.20. The van der Waals surface area contributed by atoms with Crippen molar-refractivity contribution in [3.8, 4) is 0 Å². The molecule has 148 valence electrons. The maximum absolute atomic E-state index is 13.7. The van der Waals surface area contributed by atoms with E-state index in [1.165, 1.54) is 17.4 Å². The lowest BCUT2D eigenvalue weighted by Gasteiger charge is -2.10. The van der Waals surface area contributed by atoms with E-state index in [0.29, 0.717) is 48.1 Å². The number of rotatable bonds is 7. The molecule has 0 radical (unpaired) electrons. The number of aromatic nitrogens is 3. The molecule has 3 aromatic rings. The van der Waals surface area contributed by atoms with Crippen molar-refractivity contribution in [2.24, 2.45) is 0 Å². The molecule has 8 heteroatoms. The highest BCUT2D eigenvalue weighted by Crippen LogP contribution is 2.23. The average Bonchev–Trinajstić information content (AvgIpc) is 3.26. The molecular weight excluding hydrogens is 379 g/mol. The second-order valence-electron chi connectivity index (χ2n) is 7.56. The summed E-state index contributed by atoms with van der Waals surface area (Å²) in [6, 6.07) is 6.65. The Morgan fingerprint density at radius 1 is 1.29 bits per heavy atom. The summed E-state index contributed by atoms with van der Waals surface area (Å²) in [5.74, 6) is 0.843. The van der Waals surface area contributed by atoms with Gasteiger partial charge in [-0.3, -0.25) is 4.79 Å². The van der Waals surface area contributed by atoms with Crippen molar-refractivity contribution in [2.75, 3.05) is 5.32 Å². The fraction of sp³-hybridized carbons (Fsp3) is 0.400. The molecule has 0 aliphatic rings. The summed E-state index contributed by atoms with van der Waals surface area (Å²) in [5, 5.41) is 7.28. The molecule has 0 saturated carbocycles. The lowest BCUT2D eigenvalue weighted by Crippen LogP contribution is -2.13. The second kappa shape index (κ2) is 8.60. The van der Waals surface area contributed by atoms with E-state index in [-0.39, 0.29) is 17.1 Å². The maximum atomic E-state index is 13.7. The number of nitrogens with zero attached hydrogens (tertiary/aromatic N) is 3. The number of benzene rings is 1. The molecule has 1 amide bonds. The number of carbonyl (C=O) groups excluding carboxylic acids is 1. The average molecular weight is 402 g/mol. The van der Waals surface area contributed by atoms with Crippen LogP contribution in [-0.2, 0) is 23.1 Å². The number of amides is 1. The highest BCUT2D eigenvalue weighted by molar-refractivity contribution is 7.15. The third-order valence-electron chi connectivity index (χ3n) is 4.06. The second-order valence-corrected chi connectivity index (χ2v) is 8.68. The Labute approximate surface area is 167 Å². The fourth-order valence-electron chi connectivity index (χ4n) is 2.52. The summed E-state index contributed by atoms with van der Waals surface area (Å²) in [4.78, 5) is 21.6. The van der Waals surface area contributed by atoms with E-state index >= 15 is 0 Å². The normalized spacial score (nSPS) is 11.6. The van der Waals surface area contributed by atoms with Gasteiger partial charge in [-0.25, -0.2) is 9.37 Å². The van der Waals surface area contributed by atoms with Crippen molar-refractivity contribution >= 4 is 22.4 Å². The van der Waals surface area contributed by atoms with Crippen LogP contribution in [0.3, 0.4) is 0 Å². The molecule has 1 aromatic carbocycles. The van der Waals surface area contributed by atoms with Crippen LogP contribution in [0.4, 0.5) is 9.52 Å². The van der Waals surface area contributed by atoms with E-state index in [0.717, 1.165) is 4.88 Å². The summed E-state index contributed by atoms with van der Waals surface area (Å²) in [7, 11) is 0. The van der Waals surface area contributed by atoms with Gasteiger partial charge in [-0.2, -0.15) is 4.98 Å². The zero-order valence-electron chi connectivity index (χ0n) is 16.2. The molecular formula is C20H23FN4O2S. The van der Waals surface area contributed by atoms with Crippen molar-refractivity contribution in [3.63, 3.8) is 0 Å². The Bertz CT molecular complexity index is 946. The molecule has 2 heterocycles. The molecule has 3 rings (SSSR count). The van der Waals surface area contributed by atoms with E-state index in [1.54, 1.807) is 24.4 Å². The number of halogens is 1. The van der Waals surface area contributed by atoms with Crippen LogP contribution >= 0.6 is 11.3 Å². The van der Waals surface area contributed by atoms with Gasteiger partial charge in [0.15, 0.2) is 11.0 Å². The van der Waals surface area contributed by atoms with Gasteiger partial charge in [-0.1, -0.05) is 44.1 Å². The predicted octanol–water partition coefficient (Wildman–Crippen LogP) is 4.51. The summed E-state index contributed by atoms with van der Waals surface area (Å²) in [5.41, 5.74) is 0.447. The van der Waals surface area contributed by atoms with Crippen LogP contribution in [0.2, 0.25) is 0 Å². The summed E-state index contributed by atoms with van der Waals surface area (Å²) >= 11 is 1.35. The third-order valence-corrected chi connectivity index (χ3v) is 4.97. The predicted molar refractivity (Wildman–Crippen MR) is 106 cm³/mol. The Balaban J connectivity index is 1.46.